The molecule has 2 aromatic carbocycles. The van der Waals surface area contributed by atoms with E-state index in [0.717, 1.165) is 22.2 Å². The van der Waals surface area contributed by atoms with Crippen molar-refractivity contribution in [3.05, 3.63) is 77.0 Å². The topological polar surface area (TPSA) is 79.9 Å². The van der Waals surface area contributed by atoms with Gasteiger partial charge in [-0.1, -0.05) is 36.4 Å². The first kappa shape index (κ1) is 24.0. The Morgan fingerprint density at radius 1 is 1.24 bits per heavy atom. The molecule has 2 fully saturated rings. The fourth-order valence-electron chi connectivity index (χ4n) is 6.20. The van der Waals surface area contributed by atoms with Gasteiger partial charge in [-0.05, 0) is 54.8 Å². The third-order valence-corrected chi connectivity index (χ3v) is 8.39. The summed E-state index contributed by atoms with van der Waals surface area (Å²) < 4.78 is 14.6. The van der Waals surface area contributed by atoms with E-state index < -0.39 is 23.3 Å². The predicted molar refractivity (Wildman–Crippen MR) is 139 cm³/mol. The van der Waals surface area contributed by atoms with Crippen LogP contribution in [-0.2, 0) is 11.2 Å². The predicted octanol–water partition coefficient (Wildman–Crippen LogP) is 4.80. The molecule has 3 atom stereocenters. The van der Waals surface area contributed by atoms with Gasteiger partial charge in [0.15, 0.2) is 0 Å². The van der Waals surface area contributed by atoms with Gasteiger partial charge in [0.1, 0.15) is 23.0 Å². The number of fused-ring (bicyclic) bond motifs is 4. The molecule has 1 unspecified atom stereocenters. The quantitative estimate of drug-likeness (QED) is 0.373. The first-order valence-electron chi connectivity index (χ1n) is 12.4. The number of amides is 3. The lowest BCUT2D eigenvalue weighted by atomic mass is 9.81. The number of H-pyrrole nitrogens is 1. The van der Waals surface area contributed by atoms with Crippen molar-refractivity contribution in [2.75, 3.05) is 26.2 Å². The molecule has 3 aromatic rings. The molecule has 7 nitrogen and oxygen atoms in total. The number of rotatable bonds is 5. The minimum absolute atomic E-state index is 0.0752. The Hall–Kier alpha value is -3.36. The number of hydrogen-bond donors (Lipinski definition) is 2. The number of alkyl halides is 1. The average molecular weight is 523 g/mol. The Bertz CT molecular complexity index is 1460. The molecular weight excluding hydrogens is 495 g/mol. The van der Waals surface area contributed by atoms with Crippen molar-refractivity contribution >= 4 is 34.4 Å². The molecule has 2 saturated heterocycles. The van der Waals surface area contributed by atoms with Crippen molar-refractivity contribution in [3.63, 3.8) is 0 Å². The number of halogens is 2. The highest BCUT2D eigenvalue weighted by molar-refractivity contribution is 6.31. The van der Waals surface area contributed by atoms with Gasteiger partial charge < -0.3 is 10.1 Å². The Balaban J connectivity index is 1.40. The summed E-state index contributed by atoms with van der Waals surface area (Å²) in [6.45, 7) is 6.71. The molecule has 192 valence electrons. The molecule has 9 heteroatoms. The molecule has 6 rings (SSSR count). The molecule has 0 spiro atoms. The number of carbonyl (C=O) groups excluding carboxylic acids is 2. The monoisotopic (exact) mass is 522 g/mol. The first-order valence-corrected chi connectivity index (χ1v) is 12.8. The van der Waals surface area contributed by atoms with E-state index in [4.69, 9.17) is 11.6 Å². The highest BCUT2D eigenvalue weighted by Crippen LogP contribution is 2.49. The van der Waals surface area contributed by atoms with Crippen LogP contribution in [0.25, 0.3) is 10.9 Å². The summed E-state index contributed by atoms with van der Waals surface area (Å²) in [5.41, 5.74) is 0.728. The van der Waals surface area contributed by atoms with E-state index in [1.165, 1.54) is 11.0 Å². The van der Waals surface area contributed by atoms with Crippen LogP contribution in [-0.4, -0.2) is 74.1 Å². The van der Waals surface area contributed by atoms with E-state index in [1.54, 1.807) is 36.1 Å². The molecule has 3 amide bonds. The number of aromatic nitrogens is 1. The number of urea groups is 1. The zero-order chi connectivity index (χ0) is 26.1. The lowest BCUT2D eigenvalue weighted by Gasteiger charge is -2.42. The van der Waals surface area contributed by atoms with Crippen molar-refractivity contribution in [2.24, 2.45) is 0 Å². The standard InChI is InChI=1S/C28H28ClFN4O3/c1-3-28(30)9-10-32(16-28)11-12-33-25(36)27(2)15-21-20-14-18(29)7-8-22(20)31-23(21)24(34(27)26(33)37)17-5-4-6-19(35)13-17/h3-8,13-14,24,31,35H,1,9-12,15-16H2,2H3/t24-,27+,28?/m1/s1. The number of imide groups is 1. The summed E-state index contributed by atoms with van der Waals surface area (Å²) in [6, 6.07) is 11.3. The number of aromatic amines is 1. The second-order valence-corrected chi connectivity index (χ2v) is 11.0. The van der Waals surface area contributed by atoms with E-state index in [9.17, 15) is 19.1 Å². The zero-order valence-electron chi connectivity index (χ0n) is 20.5. The Morgan fingerprint density at radius 3 is 2.78 bits per heavy atom. The molecule has 0 aliphatic carbocycles. The molecule has 2 N–H and O–H groups in total. The van der Waals surface area contributed by atoms with Gasteiger partial charge in [-0.25, -0.2) is 9.18 Å². The Morgan fingerprint density at radius 2 is 2.05 bits per heavy atom. The van der Waals surface area contributed by atoms with Gasteiger partial charge in [0.05, 0.1) is 0 Å². The molecule has 3 aliphatic heterocycles. The number of hydrogen-bond acceptors (Lipinski definition) is 4. The molecule has 0 radical (unpaired) electrons. The van der Waals surface area contributed by atoms with Crippen LogP contribution >= 0.6 is 11.6 Å². The number of nitrogens with one attached hydrogen (secondary N) is 1. The molecule has 37 heavy (non-hydrogen) atoms. The van der Waals surface area contributed by atoms with Crippen LogP contribution in [0.2, 0.25) is 5.02 Å². The maximum absolute atomic E-state index is 14.6. The Kier molecular flexibility index (Phi) is 5.40. The van der Waals surface area contributed by atoms with Crippen molar-refractivity contribution in [2.45, 2.75) is 37.0 Å². The molecule has 1 aromatic heterocycles. The zero-order valence-corrected chi connectivity index (χ0v) is 21.3. The van der Waals surface area contributed by atoms with Crippen LogP contribution in [0.4, 0.5) is 9.18 Å². The van der Waals surface area contributed by atoms with E-state index in [0.29, 0.717) is 36.5 Å². The minimum atomic E-state index is -1.44. The van der Waals surface area contributed by atoms with Gasteiger partial charge in [0.25, 0.3) is 5.91 Å². The maximum Gasteiger partial charge on any atom is 0.328 e. The minimum Gasteiger partial charge on any atom is -0.508 e. The Labute approximate surface area is 219 Å². The van der Waals surface area contributed by atoms with Crippen LogP contribution in [0, 0.1) is 0 Å². The van der Waals surface area contributed by atoms with E-state index in [-0.39, 0.29) is 24.7 Å². The van der Waals surface area contributed by atoms with Crippen LogP contribution < -0.4 is 0 Å². The summed E-state index contributed by atoms with van der Waals surface area (Å²) in [6.07, 6.45) is 2.02. The van der Waals surface area contributed by atoms with Crippen molar-refractivity contribution in [1.82, 2.24) is 19.7 Å². The largest absolute Gasteiger partial charge is 0.508 e. The highest BCUT2D eigenvalue weighted by Gasteiger charge is 2.60. The fraction of sp³-hybridized carbons (Fsp3) is 0.357. The number of benzene rings is 2. The third kappa shape index (κ3) is 3.65. The van der Waals surface area contributed by atoms with E-state index in [2.05, 4.69) is 11.6 Å². The third-order valence-electron chi connectivity index (χ3n) is 8.15. The van der Waals surface area contributed by atoms with Crippen LogP contribution in [0.5, 0.6) is 5.75 Å². The van der Waals surface area contributed by atoms with Gasteiger partial charge in [-0.2, -0.15) is 0 Å². The molecule has 0 bridgehead atoms. The van der Waals surface area contributed by atoms with Crippen LogP contribution in [0.3, 0.4) is 0 Å². The maximum atomic E-state index is 14.6. The van der Waals surface area contributed by atoms with Gasteiger partial charge in [-0.3, -0.25) is 19.5 Å². The second kappa shape index (κ2) is 8.33. The summed E-state index contributed by atoms with van der Waals surface area (Å²) in [4.78, 5) is 36.1. The van der Waals surface area contributed by atoms with Gasteiger partial charge in [-0.15, -0.1) is 0 Å². The van der Waals surface area contributed by atoms with E-state index in [1.807, 2.05) is 23.1 Å². The first-order chi connectivity index (χ1) is 17.6. The summed E-state index contributed by atoms with van der Waals surface area (Å²) in [5, 5.41) is 11.8. The van der Waals surface area contributed by atoms with E-state index >= 15 is 0 Å². The van der Waals surface area contributed by atoms with Crippen molar-refractivity contribution in [3.8, 4) is 5.75 Å². The summed E-state index contributed by atoms with van der Waals surface area (Å²) >= 11 is 6.32. The van der Waals surface area contributed by atoms with Gasteiger partial charge in [0.2, 0.25) is 0 Å². The summed E-state index contributed by atoms with van der Waals surface area (Å²) in [7, 11) is 0. The molecule has 0 saturated carbocycles. The molecule has 3 aliphatic rings. The normalized spacial score (nSPS) is 27.7. The smallest absolute Gasteiger partial charge is 0.328 e. The number of phenolic OH excluding ortho intramolecular Hbond substituents is 1. The number of phenols is 1. The summed E-state index contributed by atoms with van der Waals surface area (Å²) in [5.74, 6) is -0.203. The second-order valence-electron chi connectivity index (χ2n) is 10.5. The molecular formula is C28H28ClFN4O3. The average Bonchev–Trinajstić information content (AvgIpc) is 3.48. The lowest BCUT2D eigenvalue weighted by Crippen LogP contribution is -2.53. The van der Waals surface area contributed by atoms with Gasteiger partial charge >= 0.3 is 6.03 Å². The SMILES string of the molecule is C=CC1(F)CCN(CCN2C(=O)N3[C@H](c4cccc(O)c4)c4[nH]c5ccc(Cl)cc5c4C[C@@]3(C)C2=O)C1. The van der Waals surface area contributed by atoms with Crippen LogP contribution in [0.15, 0.2) is 55.1 Å². The number of likely N-dealkylation sites (tertiary alicyclic amines) is 1. The van der Waals surface area contributed by atoms with Crippen molar-refractivity contribution in [1.29, 1.82) is 0 Å². The number of aromatic hydroxyl groups is 1. The lowest BCUT2D eigenvalue weighted by molar-refractivity contribution is -0.133. The number of nitrogens with zero attached hydrogens (tertiary/aromatic N) is 3. The molecule has 4 heterocycles. The van der Waals surface area contributed by atoms with Crippen molar-refractivity contribution < 1.29 is 19.1 Å². The van der Waals surface area contributed by atoms with Gasteiger partial charge in [0, 0.05) is 54.2 Å². The highest BCUT2D eigenvalue weighted by atomic mass is 35.5. The number of carbonyl (C=O) groups is 2. The fourth-order valence-corrected chi connectivity index (χ4v) is 6.37. The van der Waals surface area contributed by atoms with Crippen LogP contribution in [0.1, 0.15) is 36.2 Å².